The molecule has 10 heteroatoms. The Hall–Kier alpha value is -4.08. The van der Waals surface area contributed by atoms with Gasteiger partial charge in [-0.25, -0.2) is 9.50 Å². The first-order valence-corrected chi connectivity index (χ1v) is 10.8. The molecule has 2 aromatic heterocycles. The SMILES string of the molecule is COc1ccc(-c2cc(C(F)(F)F)n3nc(C(=O)N4CCc5ccccc5C4)cc3n2)cc1OC. The van der Waals surface area contributed by atoms with Crippen LogP contribution in [0.15, 0.2) is 54.6 Å². The Bertz CT molecular complexity index is 1430. The first kappa shape index (κ1) is 22.7. The summed E-state index contributed by atoms with van der Waals surface area (Å²) in [6.07, 6.45) is -4.05. The van der Waals surface area contributed by atoms with E-state index in [0.717, 1.165) is 17.2 Å². The summed E-state index contributed by atoms with van der Waals surface area (Å²) < 4.78 is 53.1. The number of fused-ring (bicyclic) bond motifs is 2. The molecule has 1 aliphatic heterocycles. The van der Waals surface area contributed by atoms with Gasteiger partial charge in [-0.1, -0.05) is 24.3 Å². The number of carbonyl (C=O) groups excluding carboxylic acids is 1. The van der Waals surface area contributed by atoms with E-state index in [9.17, 15) is 18.0 Å². The van der Waals surface area contributed by atoms with Gasteiger partial charge >= 0.3 is 6.18 Å². The maximum absolute atomic E-state index is 14.0. The third-order valence-electron chi connectivity index (χ3n) is 6.03. The fourth-order valence-corrected chi connectivity index (χ4v) is 4.26. The number of rotatable bonds is 4. The van der Waals surface area contributed by atoms with Gasteiger partial charge in [0, 0.05) is 24.7 Å². The summed E-state index contributed by atoms with van der Waals surface area (Å²) in [7, 11) is 2.91. The molecular formula is C25H21F3N4O3. The van der Waals surface area contributed by atoms with Crippen molar-refractivity contribution >= 4 is 11.6 Å². The molecule has 0 saturated carbocycles. The molecule has 0 spiro atoms. The van der Waals surface area contributed by atoms with E-state index in [-0.39, 0.29) is 17.0 Å². The Morgan fingerprint density at radius 3 is 2.43 bits per heavy atom. The van der Waals surface area contributed by atoms with Gasteiger partial charge in [-0.2, -0.15) is 18.3 Å². The second kappa shape index (κ2) is 8.61. The van der Waals surface area contributed by atoms with Crippen LogP contribution in [0.1, 0.15) is 27.3 Å². The van der Waals surface area contributed by atoms with Crippen LogP contribution >= 0.6 is 0 Å². The Balaban J connectivity index is 1.56. The van der Waals surface area contributed by atoms with Crippen molar-refractivity contribution in [2.24, 2.45) is 0 Å². The summed E-state index contributed by atoms with van der Waals surface area (Å²) in [6.45, 7) is 0.833. The van der Waals surface area contributed by atoms with Gasteiger partial charge in [-0.05, 0) is 41.8 Å². The van der Waals surface area contributed by atoms with E-state index in [2.05, 4.69) is 10.1 Å². The minimum Gasteiger partial charge on any atom is -0.493 e. The van der Waals surface area contributed by atoms with Crippen molar-refractivity contribution in [3.8, 4) is 22.8 Å². The Morgan fingerprint density at radius 1 is 0.971 bits per heavy atom. The van der Waals surface area contributed by atoms with E-state index in [1.165, 1.54) is 20.3 Å². The zero-order valence-electron chi connectivity index (χ0n) is 19.0. The summed E-state index contributed by atoms with van der Waals surface area (Å²) in [6, 6.07) is 14.7. The van der Waals surface area contributed by atoms with Crippen molar-refractivity contribution in [2.45, 2.75) is 19.1 Å². The second-order valence-corrected chi connectivity index (χ2v) is 8.14. The van der Waals surface area contributed by atoms with Crippen LogP contribution in [0.5, 0.6) is 11.5 Å². The summed E-state index contributed by atoms with van der Waals surface area (Å²) in [5, 5.41) is 4.00. The number of aromatic nitrogens is 3. The van der Waals surface area contributed by atoms with Crippen molar-refractivity contribution in [1.82, 2.24) is 19.5 Å². The number of hydrogen-bond donors (Lipinski definition) is 0. The Morgan fingerprint density at radius 2 is 1.71 bits per heavy atom. The third kappa shape index (κ3) is 4.16. The van der Waals surface area contributed by atoms with Gasteiger partial charge in [-0.3, -0.25) is 4.79 Å². The fourth-order valence-electron chi connectivity index (χ4n) is 4.26. The van der Waals surface area contributed by atoms with Gasteiger partial charge in [0.05, 0.1) is 19.9 Å². The average Bonchev–Trinajstić information content (AvgIpc) is 3.30. The van der Waals surface area contributed by atoms with Gasteiger partial charge < -0.3 is 14.4 Å². The number of alkyl halides is 3. The Kier molecular flexibility index (Phi) is 5.58. The average molecular weight is 482 g/mol. The van der Waals surface area contributed by atoms with Gasteiger partial charge in [0.25, 0.3) is 5.91 Å². The predicted octanol–water partition coefficient (Wildman–Crippen LogP) is 4.63. The van der Waals surface area contributed by atoms with E-state index >= 15 is 0 Å². The van der Waals surface area contributed by atoms with Gasteiger partial charge in [0.2, 0.25) is 0 Å². The van der Waals surface area contributed by atoms with Crippen molar-refractivity contribution in [2.75, 3.05) is 20.8 Å². The first-order chi connectivity index (χ1) is 16.8. The number of carbonyl (C=O) groups is 1. The minimum absolute atomic E-state index is 0.0663. The molecule has 180 valence electrons. The maximum atomic E-state index is 14.0. The van der Waals surface area contributed by atoms with Crippen LogP contribution in [0.2, 0.25) is 0 Å². The van der Waals surface area contributed by atoms with Crippen molar-refractivity contribution in [3.05, 3.63) is 77.1 Å². The normalized spacial score (nSPS) is 13.6. The molecule has 0 bridgehead atoms. The van der Waals surface area contributed by atoms with E-state index in [1.54, 1.807) is 23.1 Å². The zero-order chi connectivity index (χ0) is 24.7. The highest BCUT2D eigenvalue weighted by Crippen LogP contribution is 2.35. The van der Waals surface area contributed by atoms with Crippen molar-refractivity contribution in [3.63, 3.8) is 0 Å². The topological polar surface area (TPSA) is 69.0 Å². The number of benzene rings is 2. The number of ether oxygens (including phenoxy) is 2. The zero-order valence-corrected chi connectivity index (χ0v) is 19.0. The van der Waals surface area contributed by atoms with Crippen molar-refractivity contribution in [1.29, 1.82) is 0 Å². The molecule has 0 aliphatic carbocycles. The van der Waals surface area contributed by atoms with Gasteiger partial charge in [0.1, 0.15) is 0 Å². The molecule has 7 nitrogen and oxygen atoms in total. The molecule has 1 aliphatic rings. The van der Waals surface area contributed by atoms with Crippen LogP contribution in [0.25, 0.3) is 16.9 Å². The van der Waals surface area contributed by atoms with Crippen LogP contribution in [0, 0.1) is 0 Å². The van der Waals surface area contributed by atoms with Gasteiger partial charge in [-0.15, -0.1) is 0 Å². The molecule has 0 atom stereocenters. The first-order valence-electron chi connectivity index (χ1n) is 10.8. The highest BCUT2D eigenvalue weighted by molar-refractivity contribution is 5.93. The smallest absolute Gasteiger partial charge is 0.433 e. The number of halogens is 3. The van der Waals surface area contributed by atoms with Crippen LogP contribution in [0.4, 0.5) is 13.2 Å². The predicted molar refractivity (Wildman–Crippen MR) is 121 cm³/mol. The molecule has 3 heterocycles. The number of nitrogens with zero attached hydrogens (tertiary/aromatic N) is 4. The highest BCUT2D eigenvalue weighted by atomic mass is 19.4. The van der Waals surface area contributed by atoms with E-state index < -0.39 is 17.8 Å². The van der Waals surface area contributed by atoms with Crippen LogP contribution in [-0.2, 0) is 19.1 Å². The second-order valence-electron chi connectivity index (χ2n) is 8.14. The third-order valence-corrected chi connectivity index (χ3v) is 6.03. The van der Waals surface area contributed by atoms with E-state index in [4.69, 9.17) is 9.47 Å². The van der Waals surface area contributed by atoms with Crippen LogP contribution < -0.4 is 9.47 Å². The molecule has 0 saturated heterocycles. The van der Waals surface area contributed by atoms with E-state index in [1.807, 2.05) is 24.3 Å². The lowest BCUT2D eigenvalue weighted by atomic mass is 10.00. The highest BCUT2D eigenvalue weighted by Gasteiger charge is 2.36. The largest absolute Gasteiger partial charge is 0.493 e. The summed E-state index contributed by atoms with van der Waals surface area (Å²) >= 11 is 0. The quantitative estimate of drug-likeness (QED) is 0.424. The van der Waals surface area contributed by atoms with Crippen LogP contribution in [-0.4, -0.2) is 46.2 Å². The summed E-state index contributed by atoms with van der Waals surface area (Å²) in [5.74, 6) is 0.356. The fraction of sp³-hybridized carbons (Fsp3) is 0.240. The molecule has 0 fully saturated rings. The maximum Gasteiger partial charge on any atom is 0.433 e. The standard InChI is InChI=1S/C25H21F3N4O3/c1-34-20-8-7-16(11-21(20)35-2)18-12-22(25(26,27)28)32-23(29-18)13-19(30-32)24(33)31-10-9-15-5-3-4-6-17(15)14-31/h3-8,11-13H,9-10,14H2,1-2H3. The molecule has 0 radical (unpaired) electrons. The minimum atomic E-state index is -4.72. The molecule has 4 aromatic rings. The Labute approximate surface area is 198 Å². The van der Waals surface area contributed by atoms with Gasteiger partial charge in [0.15, 0.2) is 28.5 Å². The van der Waals surface area contributed by atoms with Crippen LogP contribution in [0.3, 0.4) is 0 Å². The van der Waals surface area contributed by atoms with Crippen molar-refractivity contribution < 1.29 is 27.4 Å². The molecule has 2 aromatic carbocycles. The molecule has 1 amide bonds. The van der Waals surface area contributed by atoms with E-state index in [0.29, 0.717) is 41.1 Å². The number of methoxy groups -OCH3 is 2. The molecule has 0 N–H and O–H groups in total. The molecule has 5 rings (SSSR count). The monoisotopic (exact) mass is 482 g/mol. The lowest BCUT2D eigenvalue weighted by Crippen LogP contribution is -2.36. The molecule has 0 unspecified atom stereocenters. The summed E-state index contributed by atoms with van der Waals surface area (Å²) in [5.41, 5.74) is 1.44. The lowest BCUT2D eigenvalue weighted by molar-refractivity contribution is -0.142. The molecular weight excluding hydrogens is 461 g/mol. The number of amides is 1. The summed E-state index contributed by atoms with van der Waals surface area (Å²) in [4.78, 5) is 19.1. The number of hydrogen-bond acceptors (Lipinski definition) is 5. The molecule has 35 heavy (non-hydrogen) atoms. The lowest BCUT2D eigenvalue weighted by Gasteiger charge is -2.28.